The zero-order chi connectivity index (χ0) is 28.0. The Balaban J connectivity index is 1.66. The summed E-state index contributed by atoms with van der Waals surface area (Å²) in [7, 11) is -4.07. The Morgan fingerprint density at radius 2 is 1.59 bits per heavy atom. The van der Waals surface area contributed by atoms with Crippen molar-refractivity contribution in [2.75, 3.05) is 10.8 Å². The molecule has 1 aliphatic carbocycles. The second-order valence-corrected chi connectivity index (χ2v) is 13.2. The van der Waals surface area contributed by atoms with Crippen LogP contribution in [0.4, 0.5) is 5.69 Å². The first-order chi connectivity index (χ1) is 18.6. The summed E-state index contributed by atoms with van der Waals surface area (Å²) in [5.74, 6) is -0.743. The first-order valence-corrected chi connectivity index (χ1v) is 15.7. The Labute approximate surface area is 248 Å². The summed E-state index contributed by atoms with van der Waals surface area (Å²) >= 11 is 8.20. The van der Waals surface area contributed by atoms with Crippen molar-refractivity contribution in [2.45, 2.75) is 56.1 Å². The average Bonchev–Trinajstić information content (AvgIpc) is 3.45. The summed E-state index contributed by atoms with van der Waals surface area (Å²) in [5, 5.41) is 3.63. The van der Waals surface area contributed by atoms with Crippen molar-refractivity contribution in [3.63, 3.8) is 0 Å². The molecule has 0 saturated heterocycles. The number of sulfonamides is 1. The van der Waals surface area contributed by atoms with Crippen LogP contribution in [0.1, 0.15) is 38.2 Å². The molecule has 0 unspecified atom stereocenters. The molecule has 3 aromatic rings. The van der Waals surface area contributed by atoms with Crippen molar-refractivity contribution in [2.24, 2.45) is 0 Å². The smallest absolute Gasteiger partial charge is 0.264 e. The van der Waals surface area contributed by atoms with Gasteiger partial charge in [0.1, 0.15) is 12.6 Å². The summed E-state index contributed by atoms with van der Waals surface area (Å²) < 4.78 is 29.6. The van der Waals surface area contributed by atoms with Gasteiger partial charge in [-0.3, -0.25) is 13.9 Å². The van der Waals surface area contributed by atoms with Crippen LogP contribution in [-0.4, -0.2) is 43.8 Å². The Morgan fingerprint density at radius 1 is 0.974 bits per heavy atom. The summed E-state index contributed by atoms with van der Waals surface area (Å²) in [4.78, 5) is 28.7. The van der Waals surface area contributed by atoms with Gasteiger partial charge in [0.15, 0.2) is 0 Å². The van der Waals surface area contributed by atoms with Gasteiger partial charge in [0.2, 0.25) is 11.8 Å². The molecule has 206 valence electrons. The number of carbonyl (C=O) groups is 2. The molecule has 0 heterocycles. The average molecular weight is 680 g/mol. The van der Waals surface area contributed by atoms with Crippen molar-refractivity contribution in [3.05, 3.63) is 93.0 Å². The number of carbonyl (C=O) groups excluding carboxylic acids is 2. The third-order valence-corrected chi connectivity index (χ3v) is 9.62. The molecule has 1 saturated carbocycles. The first-order valence-electron chi connectivity index (χ1n) is 12.8. The van der Waals surface area contributed by atoms with Crippen LogP contribution in [0.15, 0.2) is 83.8 Å². The van der Waals surface area contributed by atoms with Gasteiger partial charge in [-0.05, 0) is 96.5 Å². The van der Waals surface area contributed by atoms with E-state index in [0.29, 0.717) is 10.7 Å². The van der Waals surface area contributed by atoms with E-state index < -0.39 is 28.5 Å². The zero-order valence-corrected chi connectivity index (χ0v) is 25.3. The molecule has 0 aromatic heterocycles. The van der Waals surface area contributed by atoms with E-state index >= 15 is 0 Å². The Morgan fingerprint density at radius 3 is 2.21 bits per heavy atom. The number of nitrogens with one attached hydrogen (secondary N) is 1. The van der Waals surface area contributed by atoms with Gasteiger partial charge in [-0.15, -0.1) is 0 Å². The van der Waals surface area contributed by atoms with Gasteiger partial charge in [-0.2, -0.15) is 0 Å². The summed E-state index contributed by atoms with van der Waals surface area (Å²) in [6, 6.07) is 21.3. The van der Waals surface area contributed by atoms with Gasteiger partial charge in [0.25, 0.3) is 10.0 Å². The number of halogens is 2. The van der Waals surface area contributed by atoms with Crippen molar-refractivity contribution < 1.29 is 18.0 Å². The molecule has 7 nitrogen and oxygen atoms in total. The van der Waals surface area contributed by atoms with Gasteiger partial charge in [0.05, 0.1) is 10.6 Å². The van der Waals surface area contributed by atoms with E-state index in [1.165, 1.54) is 17.0 Å². The monoisotopic (exact) mass is 679 g/mol. The van der Waals surface area contributed by atoms with Crippen LogP contribution < -0.4 is 9.62 Å². The highest BCUT2D eigenvalue weighted by atomic mass is 127. The lowest BCUT2D eigenvalue weighted by Crippen LogP contribution is -2.52. The quantitative estimate of drug-likeness (QED) is 0.282. The van der Waals surface area contributed by atoms with Gasteiger partial charge in [-0.25, -0.2) is 8.42 Å². The number of amides is 2. The molecular weight excluding hydrogens is 649 g/mol. The Kier molecular flexibility index (Phi) is 9.90. The van der Waals surface area contributed by atoms with E-state index in [9.17, 15) is 18.0 Å². The van der Waals surface area contributed by atoms with Crippen LogP contribution in [0, 0.1) is 3.57 Å². The maximum absolute atomic E-state index is 13.9. The summed E-state index contributed by atoms with van der Waals surface area (Å²) in [6.07, 6.45) is 3.96. The molecule has 1 atom stereocenters. The van der Waals surface area contributed by atoms with E-state index in [0.717, 1.165) is 39.1 Å². The van der Waals surface area contributed by atoms with Crippen LogP contribution in [0.3, 0.4) is 0 Å². The zero-order valence-electron chi connectivity index (χ0n) is 21.6. The van der Waals surface area contributed by atoms with Crippen LogP contribution in [0.2, 0.25) is 5.02 Å². The van der Waals surface area contributed by atoms with E-state index in [1.54, 1.807) is 73.7 Å². The predicted molar refractivity (Wildman–Crippen MR) is 162 cm³/mol. The fourth-order valence-corrected chi connectivity index (χ4v) is 6.54. The molecule has 10 heteroatoms. The predicted octanol–water partition coefficient (Wildman–Crippen LogP) is 5.62. The number of nitrogens with zero attached hydrogens (tertiary/aromatic N) is 2. The summed E-state index contributed by atoms with van der Waals surface area (Å²) in [5.41, 5.74) is 1.14. The number of hydrogen-bond donors (Lipinski definition) is 1. The third kappa shape index (κ3) is 7.52. The molecule has 39 heavy (non-hydrogen) atoms. The van der Waals surface area contributed by atoms with Crippen molar-refractivity contribution >= 4 is 61.7 Å². The van der Waals surface area contributed by atoms with Crippen LogP contribution in [0.25, 0.3) is 0 Å². The molecule has 0 spiro atoms. The molecule has 0 bridgehead atoms. The molecule has 3 aromatic carbocycles. The van der Waals surface area contributed by atoms with E-state index in [1.807, 2.05) is 0 Å². The number of anilines is 1. The number of benzene rings is 3. The maximum Gasteiger partial charge on any atom is 0.264 e. The first kappa shape index (κ1) is 29.4. The molecule has 1 fully saturated rings. The Bertz CT molecular complexity index is 1380. The highest BCUT2D eigenvalue weighted by molar-refractivity contribution is 14.1. The number of rotatable bonds is 10. The maximum atomic E-state index is 13.9. The fraction of sp³-hybridized carbons (Fsp3) is 0.310. The molecule has 0 radical (unpaired) electrons. The topological polar surface area (TPSA) is 86.8 Å². The lowest BCUT2D eigenvalue weighted by atomic mass is 10.1. The lowest BCUT2D eigenvalue weighted by molar-refractivity contribution is -0.139. The van der Waals surface area contributed by atoms with Gasteiger partial charge < -0.3 is 10.2 Å². The van der Waals surface area contributed by atoms with Crippen LogP contribution >= 0.6 is 34.2 Å². The van der Waals surface area contributed by atoms with E-state index in [-0.39, 0.29) is 23.4 Å². The highest BCUT2D eigenvalue weighted by Gasteiger charge is 2.33. The molecule has 1 N–H and O–H groups in total. The third-order valence-electron chi connectivity index (χ3n) is 6.86. The van der Waals surface area contributed by atoms with E-state index in [2.05, 4.69) is 27.9 Å². The minimum Gasteiger partial charge on any atom is -0.352 e. The standard InChI is InChI=1S/C29H31ClIN3O4S/c1-21(29(36)32-25-7-5-6-8-25)33(19-22-11-13-23(30)14-12-22)28(35)20-34(26-17-15-24(31)16-18-26)39(37,38)27-9-3-2-4-10-27/h2-4,9-18,21,25H,5-8,19-20H2,1H3,(H,32,36)/t21-/m1/s1. The Hall–Kier alpha value is -2.63. The van der Waals surface area contributed by atoms with E-state index in [4.69, 9.17) is 11.6 Å². The number of hydrogen-bond acceptors (Lipinski definition) is 4. The fourth-order valence-electron chi connectivity index (χ4n) is 4.62. The molecule has 0 aliphatic heterocycles. The van der Waals surface area contributed by atoms with Crippen LogP contribution in [0.5, 0.6) is 0 Å². The molecular formula is C29H31ClIN3O4S. The van der Waals surface area contributed by atoms with Crippen molar-refractivity contribution in [1.82, 2.24) is 10.2 Å². The second-order valence-electron chi connectivity index (χ2n) is 9.62. The summed E-state index contributed by atoms with van der Waals surface area (Å²) in [6.45, 7) is 1.34. The van der Waals surface area contributed by atoms with Gasteiger partial charge >= 0.3 is 0 Å². The SMILES string of the molecule is C[C@H](C(=O)NC1CCCC1)N(Cc1ccc(Cl)cc1)C(=O)CN(c1ccc(I)cc1)S(=O)(=O)c1ccccc1. The minimum atomic E-state index is -4.07. The molecule has 2 amide bonds. The van der Waals surface area contributed by atoms with Crippen LogP contribution in [-0.2, 0) is 26.2 Å². The minimum absolute atomic E-state index is 0.0765. The largest absolute Gasteiger partial charge is 0.352 e. The lowest BCUT2D eigenvalue weighted by Gasteiger charge is -2.32. The van der Waals surface area contributed by atoms with Gasteiger partial charge in [-0.1, -0.05) is 54.8 Å². The molecule has 1 aliphatic rings. The van der Waals surface area contributed by atoms with Crippen molar-refractivity contribution in [3.8, 4) is 0 Å². The molecule has 4 rings (SSSR count). The second kappa shape index (κ2) is 13.1. The van der Waals surface area contributed by atoms with Gasteiger partial charge in [0, 0.05) is 21.2 Å². The van der Waals surface area contributed by atoms with Crippen molar-refractivity contribution in [1.29, 1.82) is 0 Å². The highest BCUT2D eigenvalue weighted by Crippen LogP contribution is 2.26. The normalized spacial score (nSPS) is 14.5.